The van der Waals surface area contributed by atoms with Crippen LogP contribution in [0.4, 0.5) is 0 Å². The summed E-state index contributed by atoms with van der Waals surface area (Å²) in [6.45, 7) is 0.822. The maximum atomic E-state index is 8.90. The van der Waals surface area contributed by atoms with Crippen LogP contribution in [-0.4, -0.2) is 6.04 Å². The Morgan fingerprint density at radius 1 is 1.14 bits per heavy atom. The molecular formula is C18H17ClN2. The van der Waals surface area contributed by atoms with Crippen LogP contribution in [0.5, 0.6) is 0 Å². The molecule has 0 bridgehead atoms. The minimum Gasteiger partial charge on any atom is -0.310 e. The van der Waals surface area contributed by atoms with Crippen LogP contribution >= 0.6 is 11.6 Å². The van der Waals surface area contributed by atoms with E-state index >= 15 is 0 Å². The number of rotatable bonds is 4. The van der Waals surface area contributed by atoms with Crippen LogP contribution < -0.4 is 5.32 Å². The molecule has 1 saturated carbocycles. The summed E-state index contributed by atoms with van der Waals surface area (Å²) < 4.78 is 0. The van der Waals surface area contributed by atoms with Gasteiger partial charge in [-0.15, -0.1) is 0 Å². The third-order valence-electron chi connectivity index (χ3n) is 4.11. The van der Waals surface area contributed by atoms with Crippen molar-refractivity contribution in [1.82, 2.24) is 5.32 Å². The third kappa shape index (κ3) is 3.44. The molecular weight excluding hydrogens is 280 g/mol. The summed E-state index contributed by atoms with van der Waals surface area (Å²) in [4.78, 5) is 0. The van der Waals surface area contributed by atoms with E-state index in [9.17, 15) is 0 Å². The molecule has 1 aliphatic carbocycles. The van der Waals surface area contributed by atoms with Gasteiger partial charge in [-0.2, -0.15) is 5.26 Å². The number of benzene rings is 2. The first-order chi connectivity index (χ1) is 10.2. The summed E-state index contributed by atoms with van der Waals surface area (Å²) in [6, 6.07) is 18.7. The molecule has 106 valence electrons. The highest BCUT2D eigenvalue weighted by molar-refractivity contribution is 6.30. The normalized spacial score (nSPS) is 20.6. The first-order valence-corrected chi connectivity index (χ1v) is 7.60. The van der Waals surface area contributed by atoms with Gasteiger partial charge in [0.2, 0.25) is 0 Å². The van der Waals surface area contributed by atoms with E-state index < -0.39 is 0 Å². The lowest BCUT2D eigenvalue weighted by molar-refractivity contribution is 0.289. The molecule has 2 aromatic rings. The Hall–Kier alpha value is -1.82. The van der Waals surface area contributed by atoms with Gasteiger partial charge in [0, 0.05) is 17.6 Å². The standard InChI is InChI=1S/C18H17ClN2/c19-17-6-2-5-15(8-17)16-9-18(10-16)21-12-14-4-1-3-13(7-14)11-20/h1-8,16,18,21H,9-10,12H2. The molecule has 0 aliphatic heterocycles. The molecule has 0 unspecified atom stereocenters. The van der Waals surface area contributed by atoms with Crippen LogP contribution in [0.2, 0.25) is 5.02 Å². The fourth-order valence-corrected chi connectivity index (χ4v) is 3.03. The highest BCUT2D eigenvalue weighted by atomic mass is 35.5. The van der Waals surface area contributed by atoms with Gasteiger partial charge in [0.25, 0.3) is 0 Å². The summed E-state index contributed by atoms with van der Waals surface area (Å²) in [6.07, 6.45) is 2.30. The molecule has 3 heteroatoms. The summed E-state index contributed by atoms with van der Waals surface area (Å²) in [5.74, 6) is 0.617. The smallest absolute Gasteiger partial charge is 0.0991 e. The van der Waals surface area contributed by atoms with E-state index in [1.807, 2.05) is 30.3 Å². The highest BCUT2D eigenvalue weighted by Crippen LogP contribution is 2.37. The maximum absolute atomic E-state index is 8.90. The zero-order chi connectivity index (χ0) is 14.7. The Balaban J connectivity index is 1.50. The second-order valence-corrected chi connectivity index (χ2v) is 6.05. The maximum Gasteiger partial charge on any atom is 0.0991 e. The summed E-state index contributed by atoms with van der Waals surface area (Å²) in [5.41, 5.74) is 3.23. The van der Waals surface area contributed by atoms with Crippen molar-refractivity contribution >= 4 is 11.6 Å². The average molecular weight is 297 g/mol. The Bertz CT molecular complexity index is 669. The largest absolute Gasteiger partial charge is 0.310 e. The SMILES string of the molecule is N#Cc1cccc(CNC2CC(c3cccc(Cl)c3)C2)c1. The molecule has 1 fully saturated rings. The van der Waals surface area contributed by atoms with Crippen LogP contribution in [0, 0.1) is 11.3 Å². The van der Waals surface area contributed by atoms with Gasteiger partial charge in [-0.1, -0.05) is 35.9 Å². The Morgan fingerprint density at radius 3 is 2.71 bits per heavy atom. The van der Waals surface area contributed by atoms with Crippen LogP contribution in [0.1, 0.15) is 35.4 Å². The summed E-state index contributed by atoms with van der Waals surface area (Å²) in [7, 11) is 0. The molecule has 0 spiro atoms. The van der Waals surface area contributed by atoms with Crippen LogP contribution in [0.3, 0.4) is 0 Å². The van der Waals surface area contributed by atoms with E-state index in [0.29, 0.717) is 12.0 Å². The van der Waals surface area contributed by atoms with Gasteiger partial charge in [-0.25, -0.2) is 0 Å². The molecule has 3 rings (SSSR count). The van der Waals surface area contributed by atoms with Crippen LogP contribution in [-0.2, 0) is 6.54 Å². The zero-order valence-corrected chi connectivity index (χ0v) is 12.5. The number of hydrogen-bond acceptors (Lipinski definition) is 2. The molecule has 0 amide bonds. The summed E-state index contributed by atoms with van der Waals surface area (Å²) >= 11 is 6.03. The van der Waals surface area contributed by atoms with Gasteiger partial charge in [-0.05, 0) is 54.2 Å². The van der Waals surface area contributed by atoms with E-state index in [1.165, 1.54) is 11.1 Å². The molecule has 1 aliphatic rings. The minimum absolute atomic E-state index is 0.555. The second-order valence-electron chi connectivity index (χ2n) is 5.61. The zero-order valence-electron chi connectivity index (χ0n) is 11.7. The molecule has 21 heavy (non-hydrogen) atoms. The van der Waals surface area contributed by atoms with E-state index in [-0.39, 0.29) is 0 Å². The lowest BCUT2D eigenvalue weighted by atomic mass is 9.76. The van der Waals surface area contributed by atoms with E-state index in [1.54, 1.807) is 0 Å². The van der Waals surface area contributed by atoms with Crippen molar-refractivity contribution in [3.05, 3.63) is 70.2 Å². The molecule has 0 aromatic heterocycles. The fraction of sp³-hybridized carbons (Fsp3) is 0.278. The van der Waals surface area contributed by atoms with E-state index in [0.717, 1.165) is 30.0 Å². The molecule has 2 aromatic carbocycles. The quantitative estimate of drug-likeness (QED) is 0.915. The third-order valence-corrected chi connectivity index (χ3v) is 4.34. The number of hydrogen-bond donors (Lipinski definition) is 1. The second kappa shape index (κ2) is 6.30. The molecule has 2 nitrogen and oxygen atoms in total. The number of nitriles is 1. The predicted molar refractivity (Wildman–Crippen MR) is 85.2 cm³/mol. The number of nitrogens with one attached hydrogen (secondary N) is 1. The van der Waals surface area contributed by atoms with Gasteiger partial charge >= 0.3 is 0 Å². The topological polar surface area (TPSA) is 35.8 Å². The van der Waals surface area contributed by atoms with Crippen molar-refractivity contribution in [3.63, 3.8) is 0 Å². The highest BCUT2D eigenvalue weighted by Gasteiger charge is 2.29. The summed E-state index contributed by atoms with van der Waals surface area (Å²) in [5, 5.41) is 13.3. The van der Waals surface area contributed by atoms with Crippen molar-refractivity contribution in [1.29, 1.82) is 5.26 Å². The van der Waals surface area contributed by atoms with Crippen molar-refractivity contribution in [2.45, 2.75) is 31.3 Å². The first kappa shape index (κ1) is 14.1. The van der Waals surface area contributed by atoms with Crippen molar-refractivity contribution in [2.24, 2.45) is 0 Å². The van der Waals surface area contributed by atoms with Gasteiger partial charge < -0.3 is 5.32 Å². The first-order valence-electron chi connectivity index (χ1n) is 7.22. The van der Waals surface area contributed by atoms with Crippen molar-refractivity contribution in [3.8, 4) is 6.07 Å². The Labute approximate surface area is 130 Å². The molecule has 0 atom stereocenters. The fourth-order valence-electron chi connectivity index (χ4n) is 2.83. The molecule has 0 radical (unpaired) electrons. The van der Waals surface area contributed by atoms with E-state index in [4.69, 9.17) is 16.9 Å². The average Bonchev–Trinajstić information content (AvgIpc) is 2.46. The lowest BCUT2D eigenvalue weighted by Gasteiger charge is -2.36. The number of halogens is 1. The molecule has 1 N–H and O–H groups in total. The van der Waals surface area contributed by atoms with Gasteiger partial charge in [0.15, 0.2) is 0 Å². The van der Waals surface area contributed by atoms with Gasteiger partial charge in [0.1, 0.15) is 0 Å². The van der Waals surface area contributed by atoms with Crippen LogP contribution in [0.15, 0.2) is 48.5 Å². The lowest BCUT2D eigenvalue weighted by Crippen LogP contribution is -2.39. The van der Waals surface area contributed by atoms with Crippen molar-refractivity contribution in [2.75, 3.05) is 0 Å². The van der Waals surface area contributed by atoms with Crippen molar-refractivity contribution < 1.29 is 0 Å². The molecule has 0 heterocycles. The van der Waals surface area contributed by atoms with E-state index in [2.05, 4.69) is 29.6 Å². The Kier molecular flexibility index (Phi) is 4.24. The van der Waals surface area contributed by atoms with Crippen LogP contribution in [0.25, 0.3) is 0 Å². The monoisotopic (exact) mass is 296 g/mol. The predicted octanol–water partition coefficient (Wildman–Crippen LogP) is 4.25. The molecule has 0 saturated heterocycles. The minimum atomic E-state index is 0.555. The Morgan fingerprint density at radius 2 is 1.95 bits per heavy atom. The van der Waals surface area contributed by atoms with Gasteiger partial charge in [0.05, 0.1) is 11.6 Å². The number of nitrogens with zero attached hydrogens (tertiary/aromatic N) is 1. The van der Waals surface area contributed by atoms with Gasteiger partial charge in [-0.3, -0.25) is 0 Å².